The molecule has 2 aliphatic heterocycles. The zero-order valence-electron chi connectivity index (χ0n) is 24.1. The predicted molar refractivity (Wildman–Crippen MR) is 152 cm³/mol. The number of hydrogen-bond donors (Lipinski definition) is 1. The number of hydrogen-bond acceptors (Lipinski definition) is 7. The number of nitrogens with one attached hydrogen (secondary N) is 1. The van der Waals surface area contributed by atoms with E-state index in [0.717, 1.165) is 48.7 Å². The van der Waals surface area contributed by atoms with E-state index in [2.05, 4.69) is 27.3 Å². The van der Waals surface area contributed by atoms with Crippen molar-refractivity contribution in [1.29, 1.82) is 0 Å². The molecule has 0 unspecified atom stereocenters. The molecule has 3 aromatic rings. The van der Waals surface area contributed by atoms with Crippen molar-refractivity contribution in [1.82, 2.24) is 19.6 Å². The summed E-state index contributed by atoms with van der Waals surface area (Å²) in [5, 5.41) is 7.24. The Labute approximate surface area is 242 Å². The summed E-state index contributed by atoms with van der Waals surface area (Å²) in [6, 6.07) is 10.7. The lowest BCUT2D eigenvalue weighted by Crippen LogP contribution is -2.44. The lowest BCUT2D eigenvalue weighted by Gasteiger charge is -2.34. The van der Waals surface area contributed by atoms with E-state index in [-0.39, 0.29) is 24.5 Å². The van der Waals surface area contributed by atoms with Crippen LogP contribution in [0.25, 0.3) is 0 Å². The van der Waals surface area contributed by atoms with Gasteiger partial charge in [0, 0.05) is 48.6 Å². The van der Waals surface area contributed by atoms with Crippen LogP contribution in [0.4, 0.5) is 25.1 Å². The Morgan fingerprint density at radius 3 is 2.26 bits per heavy atom. The van der Waals surface area contributed by atoms with Gasteiger partial charge >= 0.3 is 6.09 Å². The highest BCUT2D eigenvalue weighted by Crippen LogP contribution is 2.42. The van der Waals surface area contributed by atoms with E-state index in [1.807, 2.05) is 12.1 Å². The van der Waals surface area contributed by atoms with Crippen LogP contribution in [0.2, 0.25) is 0 Å². The van der Waals surface area contributed by atoms with Gasteiger partial charge in [-0.3, -0.25) is 9.59 Å². The number of likely N-dealkylation sites (N-methyl/N-ethyl adjacent to an activating group) is 1. The molecule has 0 atom stereocenters. The highest BCUT2D eigenvalue weighted by Gasteiger charge is 2.46. The quantitative estimate of drug-likeness (QED) is 0.471. The number of benzene rings is 2. The minimum Gasteiger partial charge on any atom is -0.448 e. The normalized spacial score (nSPS) is 16.3. The predicted octanol–water partition coefficient (Wildman–Crippen LogP) is 3.99. The molecular formula is C30H34F2N6O4. The van der Waals surface area contributed by atoms with Gasteiger partial charge in [-0.05, 0) is 64.2 Å². The number of rotatable bonds is 6. The lowest BCUT2D eigenvalue weighted by atomic mass is 10.00. The van der Waals surface area contributed by atoms with Gasteiger partial charge in [0.2, 0.25) is 5.91 Å². The summed E-state index contributed by atoms with van der Waals surface area (Å²) in [6.45, 7) is 8.84. The maximum absolute atomic E-state index is 14.3. The van der Waals surface area contributed by atoms with Gasteiger partial charge in [0.05, 0.1) is 30.8 Å². The molecule has 1 N–H and O–H groups in total. The van der Waals surface area contributed by atoms with E-state index in [9.17, 15) is 23.2 Å². The fourth-order valence-electron chi connectivity index (χ4n) is 5.44. The first-order valence-electron chi connectivity index (χ1n) is 13.9. The summed E-state index contributed by atoms with van der Waals surface area (Å²) in [5.41, 5.74) is 0.831. The van der Waals surface area contributed by atoms with Crippen molar-refractivity contribution in [3.63, 3.8) is 0 Å². The molecule has 2 aliphatic rings. The number of amides is 2. The van der Waals surface area contributed by atoms with Gasteiger partial charge in [-0.15, -0.1) is 4.68 Å². The number of piperazine rings is 1. The van der Waals surface area contributed by atoms with E-state index in [4.69, 9.17) is 4.74 Å². The first-order chi connectivity index (χ1) is 20.0. The Morgan fingerprint density at radius 2 is 1.64 bits per heavy atom. The third-order valence-electron chi connectivity index (χ3n) is 7.92. The molecule has 0 spiro atoms. The number of ether oxygens (including phenoxy) is 1. The van der Waals surface area contributed by atoms with Crippen molar-refractivity contribution < 1.29 is 27.9 Å². The second kappa shape index (κ2) is 11.5. The molecule has 0 saturated carbocycles. The molecule has 0 radical (unpaired) electrons. The fourth-order valence-corrected chi connectivity index (χ4v) is 5.44. The molecular weight excluding hydrogens is 546 g/mol. The molecule has 10 nitrogen and oxygen atoms in total. The second-order valence-corrected chi connectivity index (χ2v) is 11.0. The maximum Gasteiger partial charge on any atom is 0.436 e. The Bertz CT molecular complexity index is 1490. The number of nitrogens with zero attached hydrogens (tertiary/aromatic N) is 5. The summed E-state index contributed by atoms with van der Waals surface area (Å²) in [4.78, 5) is 45.5. The summed E-state index contributed by atoms with van der Waals surface area (Å²) in [5.74, 6) is -2.53. The first kappa shape index (κ1) is 29.2. The van der Waals surface area contributed by atoms with Crippen LogP contribution in [-0.4, -0.2) is 77.3 Å². The Morgan fingerprint density at radius 1 is 1.00 bits per heavy atom. The minimum absolute atomic E-state index is 0.0331. The van der Waals surface area contributed by atoms with Crippen LogP contribution in [0.15, 0.2) is 42.5 Å². The molecule has 12 heteroatoms. The van der Waals surface area contributed by atoms with E-state index in [1.54, 1.807) is 32.9 Å². The van der Waals surface area contributed by atoms with Crippen LogP contribution >= 0.6 is 0 Å². The Balaban J connectivity index is 1.40. The molecule has 0 bridgehead atoms. The van der Waals surface area contributed by atoms with Crippen molar-refractivity contribution in [3.05, 3.63) is 76.5 Å². The van der Waals surface area contributed by atoms with Crippen molar-refractivity contribution in [3.8, 4) is 0 Å². The van der Waals surface area contributed by atoms with Crippen molar-refractivity contribution >= 4 is 29.4 Å². The summed E-state index contributed by atoms with van der Waals surface area (Å²) < 4.78 is 34.7. The number of carbonyl (C=O) groups is 3. The van der Waals surface area contributed by atoms with Gasteiger partial charge in [-0.1, -0.05) is 6.07 Å². The monoisotopic (exact) mass is 580 g/mol. The molecule has 3 heterocycles. The molecule has 2 aromatic carbocycles. The molecule has 1 saturated heterocycles. The third kappa shape index (κ3) is 5.46. The fraction of sp³-hybridized carbons (Fsp3) is 0.400. The maximum atomic E-state index is 14.3. The largest absolute Gasteiger partial charge is 0.448 e. The molecule has 1 fully saturated rings. The topological polar surface area (TPSA) is 100 Å². The summed E-state index contributed by atoms with van der Waals surface area (Å²) in [6.07, 6.45) is -1.28. The van der Waals surface area contributed by atoms with E-state index >= 15 is 0 Å². The van der Waals surface area contributed by atoms with Gasteiger partial charge in [-0.2, -0.15) is 5.10 Å². The Kier molecular flexibility index (Phi) is 8.00. The Hall–Kier alpha value is -4.32. The van der Waals surface area contributed by atoms with E-state index < -0.39 is 41.5 Å². The van der Waals surface area contributed by atoms with Crippen LogP contribution in [0, 0.1) is 11.6 Å². The van der Waals surface area contributed by atoms with Crippen molar-refractivity contribution in [2.45, 2.75) is 39.3 Å². The lowest BCUT2D eigenvalue weighted by molar-refractivity contribution is -0.136. The zero-order chi connectivity index (χ0) is 30.2. The molecule has 42 heavy (non-hydrogen) atoms. The molecule has 5 rings (SSSR count). The zero-order valence-corrected chi connectivity index (χ0v) is 24.1. The van der Waals surface area contributed by atoms with E-state index in [0.29, 0.717) is 16.8 Å². The average molecular weight is 581 g/mol. The summed E-state index contributed by atoms with van der Waals surface area (Å²) >= 11 is 0. The second-order valence-electron chi connectivity index (χ2n) is 11.0. The van der Waals surface area contributed by atoms with Crippen LogP contribution in [0.3, 0.4) is 0 Å². The highest BCUT2D eigenvalue weighted by atomic mass is 19.1. The van der Waals surface area contributed by atoms with Gasteiger partial charge < -0.3 is 24.8 Å². The average Bonchev–Trinajstić information content (AvgIpc) is 3.45. The summed E-state index contributed by atoms with van der Waals surface area (Å²) in [7, 11) is 2.09. The van der Waals surface area contributed by atoms with E-state index in [1.165, 1.54) is 11.0 Å². The smallest absolute Gasteiger partial charge is 0.436 e. The number of aromatic nitrogens is 2. The number of anilines is 2. The van der Waals surface area contributed by atoms with Gasteiger partial charge in [-0.25, -0.2) is 13.6 Å². The van der Waals surface area contributed by atoms with Crippen molar-refractivity contribution in [2.24, 2.45) is 0 Å². The molecule has 2 amide bonds. The first-order valence-corrected chi connectivity index (χ1v) is 13.9. The SMILES string of the molecule is CCOC(=O)n1nc2c(c1NC(=O)c1ccc(N3CCN(C)CC3)cc1)CN(C(=O)Cc1c(F)cccc1F)C2(C)C. The van der Waals surface area contributed by atoms with Crippen LogP contribution in [0.1, 0.15) is 48.0 Å². The van der Waals surface area contributed by atoms with Gasteiger partial charge in [0.25, 0.3) is 5.91 Å². The van der Waals surface area contributed by atoms with Gasteiger partial charge in [0.15, 0.2) is 0 Å². The molecule has 1 aromatic heterocycles. The third-order valence-corrected chi connectivity index (χ3v) is 7.92. The number of fused-ring (bicyclic) bond motifs is 1. The van der Waals surface area contributed by atoms with Crippen LogP contribution in [0.5, 0.6) is 0 Å². The van der Waals surface area contributed by atoms with Gasteiger partial charge in [0.1, 0.15) is 17.5 Å². The number of carbonyl (C=O) groups excluding carboxylic acids is 3. The standard InChI is InChI=1S/C30H34F2N6O4/c1-5-42-29(41)38-27(33-28(40)19-9-11-20(12-10-19)36-15-13-35(4)14-16-36)22-18-37(30(2,3)26(22)34-38)25(39)17-21-23(31)7-6-8-24(21)32/h6-12H,5,13-18H2,1-4H3,(H,33,40). The van der Waals surface area contributed by atoms with Crippen LogP contribution in [-0.2, 0) is 28.0 Å². The highest BCUT2D eigenvalue weighted by molar-refractivity contribution is 6.05. The minimum atomic E-state index is -1.05. The number of halogens is 2. The van der Waals surface area contributed by atoms with Crippen LogP contribution < -0.4 is 10.2 Å². The van der Waals surface area contributed by atoms with Crippen molar-refractivity contribution in [2.75, 3.05) is 50.1 Å². The molecule has 0 aliphatic carbocycles. The molecule has 222 valence electrons.